The van der Waals surface area contributed by atoms with Gasteiger partial charge in [-0.05, 0) is 56.2 Å². The van der Waals surface area contributed by atoms with Crippen molar-refractivity contribution in [3.05, 3.63) is 29.8 Å². The van der Waals surface area contributed by atoms with E-state index in [1.165, 1.54) is 17.7 Å². The Kier molecular flexibility index (Phi) is 7.24. The van der Waals surface area contributed by atoms with Gasteiger partial charge in [0.15, 0.2) is 0 Å². The van der Waals surface area contributed by atoms with Crippen LogP contribution < -0.4 is 10.6 Å². The molecule has 1 aliphatic heterocycles. The van der Waals surface area contributed by atoms with Gasteiger partial charge in [-0.3, -0.25) is 0 Å². The third-order valence-electron chi connectivity index (χ3n) is 4.26. The highest BCUT2D eigenvalue weighted by molar-refractivity contribution is 7.98. The molecular formula is C18H29N3OS. The monoisotopic (exact) mass is 335 g/mol. The molecule has 1 aromatic carbocycles. The van der Waals surface area contributed by atoms with Gasteiger partial charge < -0.3 is 15.5 Å². The van der Waals surface area contributed by atoms with Crippen molar-refractivity contribution in [2.45, 2.75) is 44.2 Å². The van der Waals surface area contributed by atoms with Crippen LogP contribution in [0.25, 0.3) is 0 Å². The SMILES string of the molecule is CSc1ccc(CNC(=O)NC(C)CN2CCCC(C)C2)cc1. The Morgan fingerprint density at radius 2 is 2.13 bits per heavy atom. The highest BCUT2D eigenvalue weighted by Crippen LogP contribution is 2.16. The number of nitrogens with zero attached hydrogens (tertiary/aromatic N) is 1. The highest BCUT2D eigenvalue weighted by atomic mass is 32.2. The summed E-state index contributed by atoms with van der Waals surface area (Å²) in [6, 6.07) is 8.37. The van der Waals surface area contributed by atoms with Crippen molar-refractivity contribution in [2.75, 3.05) is 25.9 Å². The second kappa shape index (κ2) is 9.18. The van der Waals surface area contributed by atoms with Crippen LogP contribution in [-0.2, 0) is 6.54 Å². The predicted octanol–water partition coefficient (Wildman–Crippen LogP) is 3.33. The van der Waals surface area contributed by atoms with Gasteiger partial charge in [-0.2, -0.15) is 0 Å². The van der Waals surface area contributed by atoms with Crippen LogP contribution in [0.4, 0.5) is 4.79 Å². The number of urea groups is 1. The van der Waals surface area contributed by atoms with E-state index in [0.29, 0.717) is 6.54 Å². The fraction of sp³-hybridized carbons (Fsp3) is 0.611. The maximum atomic E-state index is 12.0. The minimum absolute atomic E-state index is 0.0866. The van der Waals surface area contributed by atoms with E-state index in [-0.39, 0.29) is 12.1 Å². The normalized spacial score (nSPS) is 20.0. The summed E-state index contributed by atoms with van der Waals surface area (Å²) in [7, 11) is 0. The number of nitrogens with one attached hydrogen (secondary N) is 2. The molecule has 5 heteroatoms. The van der Waals surface area contributed by atoms with Gasteiger partial charge in [0.25, 0.3) is 0 Å². The van der Waals surface area contributed by atoms with E-state index < -0.39 is 0 Å². The van der Waals surface area contributed by atoms with E-state index in [1.54, 1.807) is 11.8 Å². The average molecular weight is 336 g/mol. The molecule has 0 radical (unpaired) electrons. The van der Waals surface area contributed by atoms with Crippen molar-refractivity contribution in [3.8, 4) is 0 Å². The third kappa shape index (κ3) is 6.43. The lowest BCUT2D eigenvalue weighted by Gasteiger charge is -2.32. The number of hydrogen-bond acceptors (Lipinski definition) is 3. The van der Waals surface area contributed by atoms with Crippen molar-refractivity contribution in [3.63, 3.8) is 0 Å². The number of likely N-dealkylation sites (tertiary alicyclic amines) is 1. The molecule has 1 saturated heterocycles. The predicted molar refractivity (Wildman–Crippen MR) is 97.9 cm³/mol. The zero-order chi connectivity index (χ0) is 16.7. The zero-order valence-electron chi connectivity index (χ0n) is 14.5. The maximum Gasteiger partial charge on any atom is 0.315 e. The van der Waals surface area contributed by atoms with Gasteiger partial charge >= 0.3 is 6.03 Å². The van der Waals surface area contributed by atoms with Crippen LogP contribution in [0, 0.1) is 5.92 Å². The van der Waals surface area contributed by atoms with Crippen LogP contribution in [0.3, 0.4) is 0 Å². The highest BCUT2D eigenvalue weighted by Gasteiger charge is 2.18. The van der Waals surface area contributed by atoms with Gasteiger partial charge in [-0.1, -0.05) is 19.1 Å². The first-order valence-electron chi connectivity index (χ1n) is 8.46. The average Bonchev–Trinajstić information content (AvgIpc) is 2.53. The number of carbonyl (C=O) groups excluding carboxylic acids is 1. The van der Waals surface area contributed by atoms with E-state index >= 15 is 0 Å². The molecule has 2 amide bonds. The molecule has 0 spiro atoms. The number of amides is 2. The molecule has 128 valence electrons. The number of hydrogen-bond donors (Lipinski definition) is 2. The first-order chi connectivity index (χ1) is 11.1. The zero-order valence-corrected chi connectivity index (χ0v) is 15.3. The summed E-state index contributed by atoms with van der Waals surface area (Å²) in [5, 5.41) is 5.98. The Hall–Kier alpha value is -1.20. The second-order valence-corrected chi connectivity index (χ2v) is 7.46. The lowest BCUT2D eigenvalue weighted by molar-refractivity contribution is 0.169. The Labute approximate surface area is 144 Å². The molecule has 1 aliphatic rings. The molecule has 23 heavy (non-hydrogen) atoms. The second-order valence-electron chi connectivity index (χ2n) is 6.58. The molecule has 2 N–H and O–H groups in total. The Bertz CT molecular complexity index is 492. The molecule has 2 rings (SSSR count). The van der Waals surface area contributed by atoms with E-state index in [2.05, 4.69) is 59.9 Å². The minimum atomic E-state index is -0.0866. The van der Waals surface area contributed by atoms with Crippen molar-refractivity contribution in [2.24, 2.45) is 5.92 Å². The number of benzene rings is 1. The largest absolute Gasteiger partial charge is 0.334 e. The van der Waals surface area contributed by atoms with Gasteiger partial charge in [-0.25, -0.2) is 4.79 Å². The smallest absolute Gasteiger partial charge is 0.315 e. The van der Waals surface area contributed by atoms with Crippen molar-refractivity contribution < 1.29 is 4.79 Å². The van der Waals surface area contributed by atoms with Gasteiger partial charge in [0.2, 0.25) is 0 Å². The Balaban J connectivity index is 1.68. The fourth-order valence-electron chi connectivity index (χ4n) is 3.09. The molecule has 1 heterocycles. The summed E-state index contributed by atoms with van der Waals surface area (Å²) in [6.45, 7) is 8.18. The molecule has 2 unspecified atom stereocenters. The summed E-state index contributed by atoms with van der Waals surface area (Å²) in [5.74, 6) is 0.772. The van der Waals surface area contributed by atoms with E-state index in [1.807, 2.05) is 0 Å². The Morgan fingerprint density at radius 1 is 1.39 bits per heavy atom. The molecule has 0 saturated carbocycles. The molecule has 4 nitrogen and oxygen atoms in total. The number of carbonyl (C=O) groups is 1. The van der Waals surface area contributed by atoms with Crippen LogP contribution >= 0.6 is 11.8 Å². The van der Waals surface area contributed by atoms with Crippen LogP contribution in [-0.4, -0.2) is 42.9 Å². The van der Waals surface area contributed by atoms with Crippen LogP contribution in [0.1, 0.15) is 32.3 Å². The molecule has 1 aromatic rings. The molecule has 2 atom stereocenters. The van der Waals surface area contributed by atoms with E-state index in [9.17, 15) is 4.79 Å². The molecule has 0 aromatic heterocycles. The van der Waals surface area contributed by atoms with E-state index in [0.717, 1.165) is 31.1 Å². The van der Waals surface area contributed by atoms with Crippen molar-refractivity contribution >= 4 is 17.8 Å². The summed E-state index contributed by atoms with van der Waals surface area (Å²) in [6.07, 6.45) is 4.66. The topological polar surface area (TPSA) is 44.4 Å². The van der Waals surface area contributed by atoms with Crippen molar-refractivity contribution in [1.29, 1.82) is 0 Å². The summed E-state index contributed by atoms with van der Waals surface area (Å²) >= 11 is 1.72. The molecule has 1 fully saturated rings. The van der Waals surface area contributed by atoms with Gasteiger partial charge in [0.1, 0.15) is 0 Å². The maximum absolute atomic E-state index is 12.0. The lowest BCUT2D eigenvalue weighted by atomic mass is 10.00. The van der Waals surface area contributed by atoms with Crippen molar-refractivity contribution in [1.82, 2.24) is 15.5 Å². The van der Waals surface area contributed by atoms with Crippen LogP contribution in [0.5, 0.6) is 0 Å². The minimum Gasteiger partial charge on any atom is -0.334 e. The van der Waals surface area contributed by atoms with Gasteiger partial charge in [0.05, 0.1) is 0 Å². The van der Waals surface area contributed by atoms with Crippen LogP contribution in [0.15, 0.2) is 29.2 Å². The Morgan fingerprint density at radius 3 is 2.78 bits per heavy atom. The number of thioether (sulfide) groups is 1. The molecule has 0 bridgehead atoms. The number of piperidine rings is 1. The fourth-order valence-corrected chi connectivity index (χ4v) is 3.49. The molecular weight excluding hydrogens is 306 g/mol. The third-order valence-corrected chi connectivity index (χ3v) is 5.01. The summed E-state index contributed by atoms with van der Waals surface area (Å²) < 4.78 is 0. The van der Waals surface area contributed by atoms with Gasteiger partial charge in [0, 0.05) is 30.6 Å². The number of rotatable bonds is 6. The standard InChI is InChI=1S/C18H29N3OS/c1-14-5-4-10-21(12-14)13-15(2)20-18(22)19-11-16-6-8-17(23-3)9-7-16/h6-9,14-15H,4-5,10-13H2,1-3H3,(H2,19,20,22). The quantitative estimate of drug-likeness (QED) is 0.784. The summed E-state index contributed by atoms with van der Waals surface area (Å²) in [4.78, 5) is 15.7. The van der Waals surface area contributed by atoms with Crippen LogP contribution in [0.2, 0.25) is 0 Å². The lowest BCUT2D eigenvalue weighted by Crippen LogP contribution is -2.47. The van der Waals surface area contributed by atoms with E-state index in [4.69, 9.17) is 0 Å². The molecule has 0 aliphatic carbocycles. The summed E-state index contributed by atoms with van der Waals surface area (Å²) in [5.41, 5.74) is 1.12. The van der Waals surface area contributed by atoms with Gasteiger partial charge in [-0.15, -0.1) is 11.8 Å². The first-order valence-corrected chi connectivity index (χ1v) is 9.69. The first kappa shape index (κ1) is 18.1.